The summed E-state index contributed by atoms with van der Waals surface area (Å²) in [6.07, 6.45) is 0. The van der Waals surface area contributed by atoms with Gasteiger partial charge in [0.05, 0.1) is 0 Å². The first-order chi connectivity index (χ1) is 2.84. The first-order valence-electron chi connectivity index (χ1n) is 1.37. The van der Waals surface area contributed by atoms with Crippen LogP contribution < -0.4 is 11.0 Å². The van der Waals surface area contributed by atoms with Crippen LogP contribution in [0.15, 0.2) is 4.79 Å². The Hall–Kier alpha value is -0.900. The normalized spacial score (nSPS) is 9.50. The van der Waals surface area contributed by atoms with Crippen molar-refractivity contribution < 1.29 is 5.21 Å². The lowest BCUT2D eigenvalue weighted by Crippen LogP contribution is -1.85. The first-order valence-corrected chi connectivity index (χ1v) is 1.37. The highest BCUT2D eigenvalue weighted by molar-refractivity contribution is 5.35. The fourth-order valence-electron chi connectivity index (χ4n) is 0.146. The molecule has 0 radical (unpaired) electrons. The average molecular weight is 86.0 g/mol. The van der Waals surface area contributed by atoms with Crippen molar-refractivity contribution in [3.8, 4) is 0 Å². The van der Waals surface area contributed by atoms with Crippen LogP contribution in [0.5, 0.6) is 0 Å². The molecule has 4 nitrogen and oxygen atoms in total. The lowest BCUT2D eigenvalue weighted by atomic mass is 11.0. The molecule has 1 rings (SSSR count). The molecule has 32 valence electrons. The molecule has 1 aromatic heterocycles. The zero-order valence-corrected chi connectivity index (χ0v) is 2.80. The molecular weight excluding hydrogens is 84.0 g/mol. The number of nitrogens with zero attached hydrogens (tertiary/aromatic N) is 1. The monoisotopic (exact) mass is 86.0 g/mol. The number of hydrogen-bond donors (Lipinski definition) is 2. The van der Waals surface area contributed by atoms with Gasteiger partial charge in [0, 0.05) is 0 Å². The van der Waals surface area contributed by atoms with E-state index in [0.29, 0.717) is 0 Å². The van der Waals surface area contributed by atoms with Gasteiger partial charge in [-0.2, -0.15) is 4.98 Å². The zero-order chi connectivity index (χ0) is 4.57. The highest BCUT2D eigenvalue weighted by Crippen LogP contribution is 1.88. The van der Waals surface area contributed by atoms with Crippen LogP contribution in [0.25, 0.3) is 0 Å². The molecule has 0 unspecified atom stereocenters. The van der Waals surface area contributed by atoms with Crippen molar-refractivity contribution in [1.82, 2.24) is 4.98 Å². The van der Waals surface area contributed by atoms with Crippen LogP contribution in [-0.2, 0) is 0 Å². The van der Waals surface area contributed by atoms with Gasteiger partial charge in [0.2, 0.25) is 5.82 Å². The third kappa shape index (κ3) is 0.271. The number of anilines is 1. The van der Waals surface area contributed by atoms with Crippen molar-refractivity contribution in [2.45, 2.75) is 0 Å². The summed E-state index contributed by atoms with van der Waals surface area (Å²) in [5.41, 5.74) is 1.23. The van der Waals surface area contributed by atoms with Gasteiger partial charge in [-0.3, -0.25) is 10.0 Å². The smallest absolute Gasteiger partial charge is 0.290 e. The minimum Gasteiger partial charge on any atom is -0.290 e. The second-order valence-corrected chi connectivity index (χ2v) is 0.877. The van der Waals surface area contributed by atoms with E-state index in [2.05, 4.69) is 4.98 Å². The Kier molecular flexibility index (Phi) is 0.429. The van der Waals surface area contributed by atoms with E-state index in [1.807, 2.05) is 0 Å². The zero-order valence-electron chi connectivity index (χ0n) is 2.80. The van der Waals surface area contributed by atoms with E-state index in [1.165, 1.54) is 0 Å². The summed E-state index contributed by atoms with van der Waals surface area (Å²) in [6, 6.07) is 0. The highest BCUT2D eigenvalue weighted by Gasteiger charge is 2.06. The molecule has 0 amide bonds. The summed E-state index contributed by atoms with van der Waals surface area (Å²) in [4.78, 5) is 12.8. The second kappa shape index (κ2) is 0.782. The van der Waals surface area contributed by atoms with Gasteiger partial charge in [0.15, 0.2) is 0 Å². The van der Waals surface area contributed by atoms with Crippen molar-refractivity contribution in [1.29, 1.82) is 0 Å². The van der Waals surface area contributed by atoms with E-state index in [-0.39, 0.29) is 11.4 Å². The Bertz CT molecular complexity index is 152. The molecule has 1 heterocycles. The summed E-state index contributed by atoms with van der Waals surface area (Å²) in [5.74, 6) is 0.0509. The van der Waals surface area contributed by atoms with Crippen molar-refractivity contribution >= 4 is 5.82 Å². The third-order valence-corrected chi connectivity index (χ3v) is 0.472. The number of nitrogens with one attached hydrogen (secondary N) is 1. The van der Waals surface area contributed by atoms with Crippen LogP contribution in [0.3, 0.4) is 0 Å². The largest absolute Gasteiger partial charge is 0.316 e. The van der Waals surface area contributed by atoms with Crippen molar-refractivity contribution in [3.63, 3.8) is 0 Å². The molecule has 4 heteroatoms. The molecule has 0 aliphatic heterocycles. The number of hydrogen-bond acceptors (Lipinski definition) is 4. The van der Waals surface area contributed by atoms with Gasteiger partial charge in [0.1, 0.15) is 0 Å². The van der Waals surface area contributed by atoms with Crippen molar-refractivity contribution in [3.05, 3.63) is 10.4 Å². The maximum Gasteiger partial charge on any atom is 0.316 e. The van der Waals surface area contributed by atoms with Gasteiger partial charge in [0.25, 0.3) is 0 Å². The van der Waals surface area contributed by atoms with E-state index in [1.54, 1.807) is 5.48 Å². The van der Waals surface area contributed by atoms with Crippen LogP contribution in [-0.4, -0.2) is 10.2 Å². The van der Waals surface area contributed by atoms with E-state index in [4.69, 9.17) is 5.21 Å². The molecule has 0 fully saturated rings. The predicted octanol–water partition coefficient (Wildman–Crippen LogP) is -0.881. The van der Waals surface area contributed by atoms with Gasteiger partial charge in [-0.1, -0.05) is 0 Å². The minimum absolute atomic E-state index is 0.0509. The van der Waals surface area contributed by atoms with E-state index in [0.717, 1.165) is 0 Å². The maximum absolute atomic E-state index is 9.69. The quantitative estimate of drug-likeness (QED) is 0.435. The van der Waals surface area contributed by atoms with E-state index in [9.17, 15) is 4.79 Å². The van der Waals surface area contributed by atoms with E-state index >= 15 is 0 Å². The molecule has 0 aliphatic rings. The van der Waals surface area contributed by atoms with Crippen LogP contribution >= 0.6 is 0 Å². The summed E-state index contributed by atoms with van der Waals surface area (Å²) in [5, 5.41) is 7.77. The Morgan fingerprint density at radius 1 is 1.83 bits per heavy atom. The fourth-order valence-corrected chi connectivity index (χ4v) is 0.146. The summed E-state index contributed by atoms with van der Waals surface area (Å²) in [6.45, 7) is 0. The van der Waals surface area contributed by atoms with Crippen LogP contribution in [0.1, 0.15) is 0 Å². The van der Waals surface area contributed by atoms with Gasteiger partial charge in [-0.05, 0) is 0 Å². The van der Waals surface area contributed by atoms with Gasteiger partial charge < -0.3 is 0 Å². The summed E-state index contributed by atoms with van der Waals surface area (Å²) in [7, 11) is 0. The first kappa shape index (κ1) is 3.30. The van der Waals surface area contributed by atoms with Crippen LogP contribution in [0, 0.1) is 0 Å². The Balaban J connectivity index is 2.68. The van der Waals surface area contributed by atoms with E-state index < -0.39 is 0 Å². The van der Waals surface area contributed by atoms with Gasteiger partial charge in [-0.15, -0.1) is 0 Å². The molecule has 0 aliphatic carbocycles. The highest BCUT2D eigenvalue weighted by atomic mass is 16.5. The van der Waals surface area contributed by atoms with Gasteiger partial charge in [-0.25, -0.2) is 5.48 Å². The lowest BCUT2D eigenvalue weighted by Gasteiger charge is -1.69. The third-order valence-electron chi connectivity index (χ3n) is 0.472. The summed E-state index contributed by atoms with van der Waals surface area (Å²) >= 11 is 0. The summed E-state index contributed by atoms with van der Waals surface area (Å²) < 4.78 is 0. The lowest BCUT2D eigenvalue weighted by molar-refractivity contribution is 0.389. The molecule has 6 heavy (non-hydrogen) atoms. The maximum atomic E-state index is 9.69. The Labute approximate surface area is 33.1 Å². The Morgan fingerprint density at radius 3 is 2.33 bits per heavy atom. The molecule has 2 N–H and O–H groups in total. The molecule has 0 aromatic carbocycles. The average Bonchev–Trinajstić information content (AvgIpc) is 2.19. The minimum atomic E-state index is -0.363. The Morgan fingerprint density at radius 2 is 2.33 bits per heavy atom. The number of rotatable bonds is 1. The molecule has 0 saturated heterocycles. The molecule has 0 atom stereocenters. The topological polar surface area (TPSA) is 62.2 Å². The fraction of sp³-hybridized carbons (Fsp3) is 0. The van der Waals surface area contributed by atoms with Crippen molar-refractivity contribution in [2.75, 3.05) is 5.48 Å². The SMILES string of the molecule is O=c1nc1NO. The molecular formula is C2H2N2O2. The molecule has 0 spiro atoms. The molecule has 1 aromatic rings. The van der Waals surface area contributed by atoms with Crippen LogP contribution in [0.4, 0.5) is 5.82 Å². The second-order valence-electron chi connectivity index (χ2n) is 0.877. The molecule has 0 saturated carbocycles. The van der Waals surface area contributed by atoms with Gasteiger partial charge >= 0.3 is 5.56 Å². The molecule has 0 bridgehead atoms. The standard InChI is InChI=1S/C2H2N2O2/c5-2-1(3-2)4-6/h6H,(H,3,4,5). The van der Waals surface area contributed by atoms with Crippen molar-refractivity contribution in [2.24, 2.45) is 0 Å². The number of aromatic nitrogens is 1. The van der Waals surface area contributed by atoms with Crippen LogP contribution in [0.2, 0.25) is 0 Å². The predicted molar refractivity (Wildman–Crippen MR) is 18.3 cm³/mol.